The number of methoxy groups -OCH3 is 1. The predicted octanol–water partition coefficient (Wildman–Crippen LogP) is 1.51. The van der Waals surface area contributed by atoms with Gasteiger partial charge in [0, 0.05) is 5.56 Å². The molecule has 0 aliphatic carbocycles. The average molecular weight is 271 g/mol. The van der Waals surface area contributed by atoms with E-state index in [1.54, 1.807) is 0 Å². The van der Waals surface area contributed by atoms with Crippen molar-refractivity contribution in [1.29, 1.82) is 5.26 Å². The van der Waals surface area contributed by atoms with Gasteiger partial charge in [-0.3, -0.25) is 14.9 Å². The molecule has 0 saturated heterocycles. The molecule has 0 N–H and O–H groups in total. The molecule has 0 aromatic carbocycles. The number of esters is 1. The highest BCUT2D eigenvalue weighted by Gasteiger charge is 2.27. The first-order chi connectivity index (χ1) is 8.92. The van der Waals surface area contributed by atoms with Crippen molar-refractivity contribution in [3.63, 3.8) is 0 Å². The molecule has 0 amide bonds. The van der Waals surface area contributed by atoms with E-state index in [0.29, 0.717) is 6.20 Å². The summed E-state index contributed by atoms with van der Waals surface area (Å²) in [4.78, 5) is 24.1. The van der Waals surface area contributed by atoms with Crippen LogP contribution in [0.5, 0.6) is 0 Å². The number of ether oxygens (including phenoxy) is 1. The molecule has 0 aliphatic heterocycles. The van der Waals surface area contributed by atoms with Crippen molar-refractivity contribution in [2.75, 3.05) is 7.11 Å². The summed E-state index contributed by atoms with van der Waals surface area (Å²) < 4.78 is 29.8. The van der Waals surface area contributed by atoms with Crippen LogP contribution in [0.15, 0.2) is 6.20 Å². The second-order valence-corrected chi connectivity index (χ2v) is 3.30. The maximum atomic E-state index is 12.7. The van der Waals surface area contributed by atoms with Gasteiger partial charge in [-0.05, 0) is 0 Å². The molecule has 1 aromatic rings. The number of hydrogen-bond donors (Lipinski definition) is 0. The minimum Gasteiger partial charge on any atom is -0.469 e. The first kappa shape index (κ1) is 14.4. The van der Waals surface area contributed by atoms with E-state index in [2.05, 4.69) is 9.72 Å². The molecule has 0 radical (unpaired) electrons. The molecule has 100 valence electrons. The Bertz CT molecular complexity index is 569. The lowest BCUT2D eigenvalue weighted by molar-refractivity contribution is -0.385. The molecule has 1 heterocycles. The lowest BCUT2D eigenvalue weighted by Crippen LogP contribution is -2.12. The van der Waals surface area contributed by atoms with E-state index < -0.39 is 46.2 Å². The fraction of sp³-hybridized carbons (Fsp3) is 0.300. The number of pyridine rings is 1. The van der Waals surface area contributed by atoms with Crippen LogP contribution in [0.3, 0.4) is 0 Å². The first-order valence-electron chi connectivity index (χ1n) is 4.83. The van der Waals surface area contributed by atoms with E-state index in [4.69, 9.17) is 5.26 Å². The highest BCUT2D eigenvalue weighted by Crippen LogP contribution is 2.29. The molecular weight excluding hydrogens is 264 g/mol. The third-order valence-corrected chi connectivity index (χ3v) is 2.26. The summed E-state index contributed by atoms with van der Waals surface area (Å²) in [6.45, 7) is 0. The van der Waals surface area contributed by atoms with Crippen LogP contribution in [0.4, 0.5) is 14.5 Å². The molecule has 0 atom stereocenters. The van der Waals surface area contributed by atoms with Crippen LogP contribution < -0.4 is 0 Å². The van der Waals surface area contributed by atoms with Crippen molar-refractivity contribution in [2.45, 2.75) is 12.8 Å². The van der Waals surface area contributed by atoms with Gasteiger partial charge < -0.3 is 4.74 Å². The number of hydrogen-bond acceptors (Lipinski definition) is 6. The quantitative estimate of drug-likeness (QED) is 0.466. The Hall–Kier alpha value is -2.63. The van der Waals surface area contributed by atoms with Gasteiger partial charge in [0.25, 0.3) is 6.43 Å². The molecule has 0 fully saturated rings. The van der Waals surface area contributed by atoms with Gasteiger partial charge in [-0.15, -0.1) is 0 Å². The molecule has 0 saturated carbocycles. The summed E-state index contributed by atoms with van der Waals surface area (Å²) in [5, 5.41) is 19.5. The Labute approximate surface area is 105 Å². The van der Waals surface area contributed by atoms with Crippen LogP contribution in [0.25, 0.3) is 0 Å². The minimum absolute atomic E-state index is 0.487. The third kappa shape index (κ3) is 2.98. The SMILES string of the molecule is COC(=O)Cc1c(C(F)F)ncc([N+](=O)[O-])c1C#N. The Morgan fingerprint density at radius 2 is 2.32 bits per heavy atom. The van der Waals surface area contributed by atoms with Crippen molar-refractivity contribution < 1.29 is 23.2 Å². The van der Waals surface area contributed by atoms with Crippen molar-refractivity contribution in [1.82, 2.24) is 4.98 Å². The van der Waals surface area contributed by atoms with Crippen LogP contribution in [-0.4, -0.2) is 23.0 Å². The van der Waals surface area contributed by atoms with E-state index in [-0.39, 0.29) is 0 Å². The van der Waals surface area contributed by atoms with E-state index in [9.17, 15) is 23.7 Å². The van der Waals surface area contributed by atoms with Crippen molar-refractivity contribution in [3.8, 4) is 6.07 Å². The number of nitrogens with zero attached hydrogens (tertiary/aromatic N) is 3. The van der Waals surface area contributed by atoms with Crippen molar-refractivity contribution in [3.05, 3.63) is 33.1 Å². The molecule has 19 heavy (non-hydrogen) atoms. The smallest absolute Gasteiger partial charge is 0.310 e. The number of aromatic nitrogens is 1. The zero-order chi connectivity index (χ0) is 14.6. The summed E-state index contributed by atoms with van der Waals surface area (Å²) in [7, 11) is 1.03. The average Bonchev–Trinajstić information content (AvgIpc) is 2.37. The number of carbonyl (C=O) groups is 1. The van der Waals surface area contributed by atoms with Gasteiger partial charge in [-0.2, -0.15) is 5.26 Å². The number of rotatable bonds is 4. The zero-order valence-electron chi connectivity index (χ0n) is 9.59. The second-order valence-electron chi connectivity index (χ2n) is 3.30. The Morgan fingerprint density at radius 3 is 2.74 bits per heavy atom. The maximum Gasteiger partial charge on any atom is 0.310 e. The lowest BCUT2D eigenvalue weighted by Gasteiger charge is -2.08. The van der Waals surface area contributed by atoms with Gasteiger partial charge in [0.1, 0.15) is 23.5 Å². The van der Waals surface area contributed by atoms with Gasteiger partial charge in [0.05, 0.1) is 18.5 Å². The number of nitro groups is 1. The second kappa shape index (κ2) is 5.81. The van der Waals surface area contributed by atoms with E-state index >= 15 is 0 Å². The van der Waals surface area contributed by atoms with Crippen LogP contribution >= 0.6 is 0 Å². The fourth-order valence-electron chi connectivity index (χ4n) is 1.40. The van der Waals surface area contributed by atoms with E-state index in [0.717, 1.165) is 7.11 Å². The molecule has 0 aliphatic rings. The predicted molar refractivity (Wildman–Crippen MR) is 56.3 cm³/mol. The van der Waals surface area contributed by atoms with Gasteiger partial charge in [-0.1, -0.05) is 0 Å². The highest BCUT2D eigenvalue weighted by atomic mass is 19.3. The van der Waals surface area contributed by atoms with Crippen molar-refractivity contribution >= 4 is 11.7 Å². The third-order valence-electron chi connectivity index (χ3n) is 2.26. The minimum atomic E-state index is -3.06. The summed E-state index contributed by atoms with van der Waals surface area (Å²) >= 11 is 0. The Kier molecular flexibility index (Phi) is 4.41. The van der Waals surface area contributed by atoms with Crippen LogP contribution in [0, 0.1) is 21.4 Å². The normalized spacial score (nSPS) is 10.1. The first-order valence-corrected chi connectivity index (χ1v) is 4.83. The topological polar surface area (TPSA) is 106 Å². The molecule has 1 aromatic heterocycles. The summed E-state index contributed by atoms with van der Waals surface area (Å²) in [5.74, 6) is -0.902. The standard InChI is InChI=1S/C10H7F2N3O4/c1-19-8(16)2-5-6(3-13)7(15(17)18)4-14-9(5)10(11)12/h4,10H,2H2,1H3. The van der Waals surface area contributed by atoms with E-state index in [1.807, 2.05) is 0 Å². The highest BCUT2D eigenvalue weighted by molar-refractivity contribution is 5.75. The summed E-state index contributed by atoms with van der Waals surface area (Å²) in [6.07, 6.45) is -3.18. The van der Waals surface area contributed by atoms with Gasteiger partial charge in [-0.25, -0.2) is 13.8 Å². The number of alkyl halides is 2. The van der Waals surface area contributed by atoms with Crippen LogP contribution in [-0.2, 0) is 16.0 Å². The maximum absolute atomic E-state index is 12.7. The summed E-state index contributed by atoms with van der Waals surface area (Å²) in [5.41, 5.74) is -2.67. The largest absolute Gasteiger partial charge is 0.469 e. The van der Waals surface area contributed by atoms with Gasteiger partial charge >= 0.3 is 11.7 Å². The molecule has 1 rings (SSSR count). The molecule has 0 bridgehead atoms. The zero-order valence-corrected chi connectivity index (χ0v) is 9.59. The van der Waals surface area contributed by atoms with Crippen LogP contribution in [0.1, 0.15) is 23.2 Å². The molecular formula is C10H7F2N3O4. The fourth-order valence-corrected chi connectivity index (χ4v) is 1.40. The lowest BCUT2D eigenvalue weighted by atomic mass is 10.0. The van der Waals surface area contributed by atoms with E-state index in [1.165, 1.54) is 6.07 Å². The Balaban J connectivity index is 3.51. The molecule has 7 nitrogen and oxygen atoms in total. The number of halogens is 2. The monoisotopic (exact) mass is 271 g/mol. The Morgan fingerprint density at radius 1 is 1.68 bits per heavy atom. The van der Waals surface area contributed by atoms with Gasteiger partial charge in [0.2, 0.25) is 0 Å². The number of carbonyl (C=O) groups excluding carboxylic acids is 1. The molecule has 0 unspecified atom stereocenters. The number of nitriles is 1. The van der Waals surface area contributed by atoms with Crippen LogP contribution in [0.2, 0.25) is 0 Å². The molecule has 9 heteroatoms. The summed E-state index contributed by atoms with van der Waals surface area (Å²) in [6, 6.07) is 1.45. The molecule has 0 spiro atoms. The van der Waals surface area contributed by atoms with Gasteiger partial charge in [0.15, 0.2) is 0 Å². The van der Waals surface area contributed by atoms with Crippen molar-refractivity contribution in [2.24, 2.45) is 0 Å².